The molecule has 0 bridgehead atoms. The van der Waals surface area contributed by atoms with Crippen molar-refractivity contribution in [2.45, 2.75) is 26.4 Å². The second kappa shape index (κ2) is 5.40. The fourth-order valence-corrected chi connectivity index (χ4v) is 1.91. The van der Waals surface area contributed by atoms with Gasteiger partial charge < -0.3 is 9.88 Å². The lowest BCUT2D eigenvalue weighted by Gasteiger charge is -2.13. The van der Waals surface area contributed by atoms with Crippen molar-refractivity contribution in [1.29, 1.82) is 0 Å². The van der Waals surface area contributed by atoms with Gasteiger partial charge in [-0.3, -0.25) is 0 Å². The van der Waals surface area contributed by atoms with Gasteiger partial charge in [-0.15, -0.1) is 0 Å². The molecule has 1 N–H and O–H groups in total. The number of rotatable bonds is 4. The van der Waals surface area contributed by atoms with Gasteiger partial charge in [-0.1, -0.05) is 11.6 Å². The van der Waals surface area contributed by atoms with Gasteiger partial charge in [0.2, 0.25) is 0 Å². The smallest absolute Gasteiger partial charge is 0.141 e. The van der Waals surface area contributed by atoms with E-state index in [4.69, 9.17) is 11.6 Å². The Balaban J connectivity index is 2.07. The SMILES string of the molecule is CC(C)n1cncc1CNc1ccc(F)c(Cl)c1. The maximum atomic E-state index is 13.0. The highest BCUT2D eigenvalue weighted by atomic mass is 35.5. The molecule has 0 spiro atoms. The summed E-state index contributed by atoms with van der Waals surface area (Å²) in [5, 5.41) is 3.32. The van der Waals surface area contributed by atoms with Crippen LogP contribution in [0.5, 0.6) is 0 Å². The maximum Gasteiger partial charge on any atom is 0.141 e. The Morgan fingerprint density at radius 3 is 2.89 bits per heavy atom. The monoisotopic (exact) mass is 267 g/mol. The second-order valence-corrected chi connectivity index (χ2v) is 4.78. The van der Waals surface area contributed by atoms with E-state index in [0.29, 0.717) is 12.6 Å². The van der Waals surface area contributed by atoms with E-state index >= 15 is 0 Å². The molecule has 0 fully saturated rings. The highest BCUT2D eigenvalue weighted by molar-refractivity contribution is 6.31. The van der Waals surface area contributed by atoms with Crippen molar-refractivity contribution in [3.05, 3.63) is 47.3 Å². The summed E-state index contributed by atoms with van der Waals surface area (Å²) < 4.78 is 15.1. The van der Waals surface area contributed by atoms with Crippen LogP contribution >= 0.6 is 11.6 Å². The Hall–Kier alpha value is -1.55. The summed E-state index contributed by atoms with van der Waals surface area (Å²) in [6.45, 7) is 4.82. The molecule has 5 heteroatoms. The summed E-state index contributed by atoms with van der Waals surface area (Å²) in [7, 11) is 0. The third-order valence-electron chi connectivity index (χ3n) is 2.70. The molecule has 18 heavy (non-hydrogen) atoms. The molecular weight excluding hydrogens is 253 g/mol. The number of benzene rings is 1. The Bertz CT molecular complexity index is 537. The fourth-order valence-electron chi connectivity index (χ4n) is 1.73. The molecule has 3 nitrogen and oxygen atoms in total. The predicted molar refractivity (Wildman–Crippen MR) is 71.3 cm³/mol. The number of anilines is 1. The minimum Gasteiger partial charge on any atom is -0.379 e. The highest BCUT2D eigenvalue weighted by Gasteiger charge is 2.06. The van der Waals surface area contributed by atoms with Crippen molar-refractivity contribution in [3.8, 4) is 0 Å². The first kappa shape index (κ1) is 12.9. The number of aromatic nitrogens is 2. The first-order chi connectivity index (χ1) is 8.58. The van der Waals surface area contributed by atoms with Gasteiger partial charge >= 0.3 is 0 Å². The molecule has 0 atom stereocenters. The van der Waals surface area contributed by atoms with Crippen LogP contribution in [0.1, 0.15) is 25.6 Å². The average molecular weight is 268 g/mol. The minimum absolute atomic E-state index is 0.123. The van der Waals surface area contributed by atoms with E-state index in [-0.39, 0.29) is 5.02 Å². The number of nitrogens with zero attached hydrogens (tertiary/aromatic N) is 2. The van der Waals surface area contributed by atoms with E-state index in [9.17, 15) is 4.39 Å². The molecule has 1 heterocycles. The molecule has 96 valence electrons. The number of hydrogen-bond donors (Lipinski definition) is 1. The van der Waals surface area contributed by atoms with E-state index in [1.165, 1.54) is 6.07 Å². The number of imidazole rings is 1. The minimum atomic E-state index is -0.408. The summed E-state index contributed by atoms with van der Waals surface area (Å²) in [5.41, 5.74) is 1.86. The van der Waals surface area contributed by atoms with Gasteiger partial charge in [0.1, 0.15) is 5.82 Å². The highest BCUT2D eigenvalue weighted by Crippen LogP contribution is 2.20. The van der Waals surface area contributed by atoms with Gasteiger partial charge in [-0.2, -0.15) is 0 Å². The number of halogens is 2. The Kier molecular flexibility index (Phi) is 3.87. The van der Waals surface area contributed by atoms with Gasteiger partial charge in [-0.05, 0) is 32.0 Å². The van der Waals surface area contributed by atoms with Crippen LogP contribution in [-0.2, 0) is 6.54 Å². The standard InChI is InChI=1S/C13H15ClFN3/c1-9(2)18-8-16-6-11(18)7-17-10-3-4-13(15)12(14)5-10/h3-6,8-9,17H,7H2,1-2H3. The maximum absolute atomic E-state index is 13.0. The molecule has 0 saturated heterocycles. The lowest BCUT2D eigenvalue weighted by Crippen LogP contribution is -2.08. The summed E-state index contributed by atoms with van der Waals surface area (Å²) in [6, 6.07) is 4.95. The van der Waals surface area contributed by atoms with Gasteiger partial charge in [-0.25, -0.2) is 9.37 Å². The Morgan fingerprint density at radius 2 is 2.22 bits per heavy atom. The van der Waals surface area contributed by atoms with Gasteiger partial charge in [0.05, 0.1) is 23.6 Å². The van der Waals surface area contributed by atoms with E-state index in [2.05, 4.69) is 28.7 Å². The molecule has 0 aliphatic heterocycles. The molecule has 0 saturated carbocycles. The Morgan fingerprint density at radius 1 is 1.44 bits per heavy atom. The van der Waals surface area contributed by atoms with E-state index in [0.717, 1.165) is 11.4 Å². The summed E-state index contributed by atoms with van der Waals surface area (Å²) >= 11 is 5.72. The Labute approximate surface area is 111 Å². The van der Waals surface area contributed by atoms with Crippen LogP contribution in [-0.4, -0.2) is 9.55 Å². The van der Waals surface area contributed by atoms with Crippen molar-refractivity contribution in [1.82, 2.24) is 9.55 Å². The van der Waals surface area contributed by atoms with Crippen LogP contribution in [0, 0.1) is 5.82 Å². The largest absolute Gasteiger partial charge is 0.379 e. The van der Waals surface area contributed by atoms with Crippen LogP contribution < -0.4 is 5.32 Å². The van der Waals surface area contributed by atoms with Crippen molar-refractivity contribution >= 4 is 17.3 Å². The van der Waals surface area contributed by atoms with E-state index < -0.39 is 5.82 Å². The lowest BCUT2D eigenvalue weighted by atomic mass is 10.3. The topological polar surface area (TPSA) is 29.9 Å². The zero-order valence-electron chi connectivity index (χ0n) is 10.3. The first-order valence-electron chi connectivity index (χ1n) is 5.77. The molecular formula is C13H15ClFN3. The van der Waals surface area contributed by atoms with Crippen LogP contribution in [0.3, 0.4) is 0 Å². The van der Waals surface area contributed by atoms with Crippen LogP contribution in [0.2, 0.25) is 5.02 Å². The number of nitrogens with one attached hydrogen (secondary N) is 1. The van der Waals surface area contributed by atoms with Crippen molar-refractivity contribution in [3.63, 3.8) is 0 Å². The average Bonchev–Trinajstić information content (AvgIpc) is 2.79. The molecule has 2 rings (SSSR count). The van der Waals surface area contributed by atoms with Crippen LogP contribution in [0.4, 0.5) is 10.1 Å². The summed E-state index contributed by atoms with van der Waals surface area (Å²) in [6.07, 6.45) is 3.62. The van der Waals surface area contributed by atoms with Crippen LogP contribution in [0.15, 0.2) is 30.7 Å². The lowest BCUT2D eigenvalue weighted by molar-refractivity contribution is 0.577. The van der Waals surface area contributed by atoms with Gasteiger partial charge in [0.25, 0.3) is 0 Å². The second-order valence-electron chi connectivity index (χ2n) is 4.37. The summed E-state index contributed by atoms with van der Waals surface area (Å²) in [4.78, 5) is 4.12. The normalized spacial score (nSPS) is 10.9. The third kappa shape index (κ3) is 2.82. The first-order valence-corrected chi connectivity index (χ1v) is 6.15. The molecule has 0 aliphatic rings. The van der Waals surface area contributed by atoms with Gasteiger partial charge in [0.15, 0.2) is 0 Å². The van der Waals surface area contributed by atoms with Gasteiger partial charge in [0, 0.05) is 17.9 Å². The summed E-state index contributed by atoms with van der Waals surface area (Å²) in [5.74, 6) is -0.408. The molecule has 2 aromatic rings. The molecule has 1 aromatic carbocycles. The van der Waals surface area contributed by atoms with E-state index in [1.54, 1.807) is 18.5 Å². The third-order valence-corrected chi connectivity index (χ3v) is 2.99. The van der Waals surface area contributed by atoms with Crippen LogP contribution in [0.25, 0.3) is 0 Å². The molecule has 0 aliphatic carbocycles. The molecule has 0 unspecified atom stereocenters. The molecule has 1 aromatic heterocycles. The van der Waals surface area contributed by atoms with Crippen molar-refractivity contribution < 1.29 is 4.39 Å². The molecule has 0 radical (unpaired) electrons. The number of hydrogen-bond acceptors (Lipinski definition) is 2. The predicted octanol–water partition coefficient (Wildman–Crippen LogP) is 3.87. The van der Waals surface area contributed by atoms with Crippen molar-refractivity contribution in [2.24, 2.45) is 0 Å². The zero-order valence-corrected chi connectivity index (χ0v) is 11.1. The quantitative estimate of drug-likeness (QED) is 0.911. The van der Waals surface area contributed by atoms with E-state index in [1.807, 2.05) is 6.20 Å². The molecule has 0 amide bonds. The zero-order chi connectivity index (χ0) is 13.1. The van der Waals surface area contributed by atoms with Crippen molar-refractivity contribution in [2.75, 3.05) is 5.32 Å². The fraction of sp³-hybridized carbons (Fsp3) is 0.308.